The largest absolute Gasteiger partial charge is 0.444 e. The van der Waals surface area contributed by atoms with Gasteiger partial charge in [-0.2, -0.15) is 0 Å². The van der Waals surface area contributed by atoms with E-state index in [0.717, 1.165) is 32.4 Å². The van der Waals surface area contributed by atoms with Gasteiger partial charge in [-0.05, 0) is 73.5 Å². The zero-order valence-electron chi connectivity index (χ0n) is 19.5. The van der Waals surface area contributed by atoms with Gasteiger partial charge >= 0.3 is 6.09 Å². The molecule has 1 aliphatic rings. The third kappa shape index (κ3) is 6.10. The van der Waals surface area contributed by atoms with Gasteiger partial charge in [-0.25, -0.2) is 4.79 Å². The van der Waals surface area contributed by atoms with Crippen molar-refractivity contribution in [2.75, 3.05) is 24.2 Å². The lowest BCUT2D eigenvalue weighted by Gasteiger charge is -2.24. The molecule has 1 saturated heterocycles. The second-order valence-corrected chi connectivity index (χ2v) is 11.2. The van der Waals surface area contributed by atoms with Crippen LogP contribution in [0.1, 0.15) is 37.6 Å². The van der Waals surface area contributed by atoms with E-state index in [-0.39, 0.29) is 17.9 Å². The van der Waals surface area contributed by atoms with Gasteiger partial charge in [0.2, 0.25) is 0 Å². The first-order chi connectivity index (χ1) is 16.2. The lowest BCUT2D eigenvalue weighted by atomic mass is 10.1. The summed E-state index contributed by atoms with van der Waals surface area (Å²) in [6.07, 6.45) is 2.33. The zero-order chi connectivity index (χ0) is 24.3. The number of likely N-dealkylation sites (tertiary alicyclic amines) is 1. The molecule has 4 rings (SSSR count). The van der Waals surface area contributed by atoms with Crippen molar-refractivity contribution in [1.82, 2.24) is 9.88 Å². The average molecular weight is 542 g/mol. The van der Waals surface area contributed by atoms with Gasteiger partial charge in [0.05, 0.1) is 11.3 Å². The molecular formula is C26H28BrN3O3S. The molecule has 0 spiro atoms. The molecule has 3 aromatic rings. The summed E-state index contributed by atoms with van der Waals surface area (Å²) in [6.45, 7) is 6.84. The minimum absolute atomic E-state index is 0.0649. The molecule has 1 aromatic heterocycles. The number of nitrogens with zero attached hydrogens (tertiary/aromatic N) is 2. The number of nitrogens with one attached hydrogen (secondary N) is 1. The number of pyridine rings is 1. The number of carbonyl (C=O) groups is 2. The number of rotatable bonds is 6. The average Bonchev–Trinajstić information content (AvgIpc) is 3.26. The predicted molar refractivity (Wildman–Crippen MR) is 141 cm³/mol. The smallest absolute Gasteiger partial charge is 0.410 e. The van der Waals surface area contributed by atoms with E-state index in [9.17, 15) is 9.59 Å². The summed E-state index contributed by atoms with van der Waals surface area (Å²) in [5.74, 6) is 0.413. The number of Topliss-reactive ketones (excluding diaryl/α,β-unsaturated/α-hetero) is 1. The number of carbonyl (C=O) groups excluding carboxylic acids is 2. The van der Waals surface area contributed by atoms with Gasteiger partial charge < -0.3 is 15.0 Å². The molecule has 34 heavy (non-hydrogen) atoms. The maximum absolute atomic E-state index is 12.9. The number of halogens is 1. The summed E-state index contributed by atoms with van der Waals surface area (Å²) in [5, 5.41) is 4.54. The third-order valence-electron chi connectivity index (χ3n) is 5.46. The van der Waals surface area contributed by atoms with Crippen LogP contribution in [-0.4, -0.2) is 52.2 Å². The molecule has 1 aliphatic heterocycles. The van der Waals surface area contributed by atoms with Crippen molar-refractivity contribution in [2.24, 2.45) is 0 Å². The van der Waals surface area contributed by atoms with Gasteiger partial charge in [0, 0.05) is 51.3 Å². The van der Waals surface area contributed by atoms with Crippen molar-refractivity contribution in [3.63, 3.8) is 0 Å². The number of thioether (sulfide) groups is 1. The number of ketones is 1. The number of fused-ring (bicyclic) bond motifs is 1. The minimum Gasteiger partial charge on any atom is -0.444 e. The molecule has 8 heteroatoms. The van der Waals surface area contributed by atoms with E-state index in [2.05, 4.69) is 26.2 Å². The van der Waals surface area contributed by atoms with E-state index in [0.29, 0.717) is 24.4 Å². The highest BCUT2D eigenvalue weighted by atomic mass is 79.9. The van der Waals surface area contributed by atoms with Crippen molar-refractivity contribution >= 4 is 56.2 Å². The van der Waals surface area contributed by atoms with Gasteiger partial charge in [-0.3, -0.25) is 9.78 Å². The van der Waals surface area contributed by atoms with Crippen LogP contribution in [0.15, 0.2) is 64.1 Å². The van der Waals surface area contributed by atoms with Crippen molar-refractivity contribution in [2.45, 2.75) is 43.7 Å². The Hall–Kier alpha value is -2.58. The number of hydrogen-bond acceptors (Lipinski definition) is 6. The van der Waals surface area contributed by atoms with Crippen LogP contribution in [0.4, 0.5) is 10.5 Å². The number of aromatic nitrogens is 1. The van der Waals surface area contributed by atoms with Crippen molar-refractivity contribution < 1.29 is 14.3 Å². The molecule has 6 nitrogen and oxygen atoms in total. The van der Waals surface area contributed by atoms with E-state index >= 15 is 0 Å². The summed E-state index contributed by atoms with van der Waals surface area (Å²) in [6, 6.07) is 15.6. The molecule has 1 N–H and O–H groups in total. The first kappa shape index (κ1) is 24.5. The maximum Gasteiger partial charge on any atom is 0.410 e. The molecule has 1 atom stereocenters. The molecule has 2 aromatic carbocycles. The van der Waals surface area contributed by atoms with E-state index < -0.39 is 5.60 Å². The van der Waals surface area contributed by atoms with E-state index in [1.54, 1.807) is 11.1 Å². The van der Waals surface area contributed by atoms with Gasteiger partial charge in [-0.1, -0.05) is 18.2 Å². The SMILES string of the molecule is CC(C)(C)OC(=O)N1CCC(Nc2ccc(C(=O)CSc3ccnc4ccccc34)cc2Br)C1. The molecule has 0 aliphatic carbocycles. The lowest BCUT2D eigenvalue weighted by Crippen LogP contribution is -2.36. The third-order valence-corrected chi connectivity index (χ3v) is 7.19. The number of ether oxygens (including phenoxy) is 1. The number of amides is 1. The first-order valence-corrected chi connectivity index (χ1v) is 13.0. The Kier molecular flexibility index (Phi) is 7.48. The normalized spacial score (nSPS) is 16.0. The second-order valence-electron chi connectivity index (χ2n) is 9.29. The quantitative estimate of drug-likeness (QED) is 0.287. The van der Waals surface area contributed by atoms with Crippen molar-refractivity contribution in [3.8, 4) is 0 Å². The standard InChI is InChI=1S/C26H28BrN3O3S/c1-26(2,3)33-25(32)30-13-11-18(15-30)29-22-9-8-17(14-20(22)27)23(31)16-34-24-10-12-28-21-7-5-4-6-19(21)24/h4-10,12,14,18,29H,11,13,15-16H2,1-3H3. The molecule has 178 valence electrons. The number of hydrogen-bond donors (Lipinski definition) is 1. The minimum atomic E-state index is -0.503. The summed E-state index contributed by atoms with van der Waals surface area (Å²) in [7, 11) is 0. The Morgan fingerprint density at radius 3 is 2.76 bits per heavy atom. The van der Waals surface area contributed by atoms with Gasteiger partial charge in [-0.15, -0.1) is 11.8 Å². The first-order valence-electron chi connectivity index (χ1n) is 11.2. The van der Waals surface area contributed by atoms with Crippen LogP contribution >= 0.6 is 27.7 Å². The Bertz CT molecular complexity index is 1210. The highest BCUT2D eigenvalue weighted by Crippen LogP contribution is 2.30. The van der Waals surface area contributed by atoms with E-state index in [1.165, 1.54) is 11.8 Å². The van der Waals surface area contributed by atoms with Crippen LogP contribution in [0.5, 0.6) is 0 Å². The molecule has 2 heterocycles. The van der Waals surface area contributed by atoms with E-state index in [4.69, 9.17) is 4.74 Å². The fourth-order valence-electron chi connectivity index (χ4n) is 3.82. The highest BCUT2D eigenvalue weighted by molar-refractivity contribution is 9.10. The number of benzene rings is 2. The lowest BCUT2D eigenvalue weighted by molar-refractivity contribution is 0.0293. The molecule has 1 fully saturated rings. The van der Waals surface area contributed by atoms with E-state index in [1.807, 2.05) is 69.3 Å². The monoisotopic (exact) mass is 541 g/mol. The Morgan fingerprint density at radius 2 is 2.00 bits per heavy atom. The molecule has 1 unspecified atom stereocenters. The topological polar surface area (TPSA) is 71.5 Å². The summed E-state index contributed by atoms with van der Waals surface area (Å²) in [4.78, 5) is 32.3. The molecule has 0 radical (unpaired) electrons. The summed E-state index contributed by atoms with van der Waals surface area (Å²) in [5.41, 5.74) is 1.98. The highest BCUT2D eigenvalue weighted by Gasteiger charge is 2.30. The van der Waals surface area contributed by atoms with Crippen molar-refractivity contribution in [1.29, 1.82) is 0 Å². The summed E-state index contributed by atoms with van der Waals surface area (Å²) >= 11 is 5.13. The van der Waals surface area contributed by atoms with Crippen molar-refractivity contribution in [3.05, 3.63) is 64.8 Å². The Balaban J connectivity index is 1.35. The van der Waals surface area contributed by atoms with Gasteiger partial charge in [0.1, 0.15) is 5.60 Å². The molecule has 1 amide bonds. The predicted octanol–water partition coefficient (Wildman–Crippen LogP) is 6.39. The Labute approximate surface area is 212 Å². The molecule has 0 bridgehead atoms. The molecular weight excluding hydrogens is 514 g/mol. The van der Waals surface area contributed by atoms with Crippen LogP contribution in [-0.2, 0) is 4.74 Å². The number of para-hydroxylation sites is 1. The zero-order valence-corrected chi connectivity index (χ0v) is 21.9. The van der Waals surface area contributed by atoms with Crippen LogP contribution < -0.4 is 5.32 Å². The van der Waals surface area contributed by atoms with Gasteiger partial charge in [0.25, 0.3) is 0 Å². The molecule has 0 saturated carbocycles. The van der Waals surface area contributed by atoms with Crippen LogP contribution in [0, 0.1) is 0 Å². The second kappa shape index (κ2) is 10.4. The summed E-state index contributed by atoms with van der Waals surface area (Å²) < 4.78 is 6.30. The fourth-order valence-corrected chi connectivity index (χ4v) is 5.25. The number of anilines is 1. The van der Waals surface area contributed by atoms with Crippen LogP contribution in [0.3, 0.4) is 0 Å². The Morgan fingerprint density at radius 1 is 1.21 bits per heavy atom. The fraction of sp³-hybridized carbons (Fsp3) is 0.346. The maximum atomic E-state index is 12.9. The van der Waals surface area contributed by atoms with Crippen LogP contribution in [0.2, 0.25) is 0 Å². The van der Waals surface area contributed by atoms with Gasteiger partial charge in [0.15, 0.2) is 5.78 Å². The van der Waals surface area contributed by atoms with Crippen LogP contribution in [0.25, 0.3) is 10.9 Å².